The van der Waals surface area contributed by atoms with Crippen molar-refractivity contribution in [2.45, 2.75) is 47.5 Å². The van der Waals surface area contributed by atoms with E-state index >= 15 is 0 Å². The summed E-state index contributed by atoms with van der Waals surface area (Å²) in [7, 11) is 0. The van der Waals surface area contributed by atoms with Gasteiger partial charge in [-0.1, -0.05) is 45.9 Å². The van der Waals surface area contributed by atoms with Gasteiger partial charge in [0.15, 0.2) is 0 Å². The van der Waals surface area contributed by atoms with E-state index in [1.54, 1.807) is 11.8 Å². The fraction of sp³-hybridized carbons (Fsp3) is 0.533. The second-order valence-electron chi connectivity index (χ2n) is 4.04. The van der Waals surface area contributed by atoms with Gasteiger partial charge in [-0.3, -0.25) is 4.99 Å². The molecular formula is C15H25N. The molecule has 1 aliphatic rings. The molecule has 0 bridgehead atoms. The molecule has 0 amide bonds. The van der Waals surface area contributed by atoms with Gasteiger partial charge in [0.05, 0.1) is 0 Å². The molecule has 0 spiro atoms. The van der Waals surface area contributed by atoms with E-state index in [-0.39, 0.29) is 0 Å². The summed E-state index contributed by atoms with van der Waals surface area (Å²) in [4.78, 5) is 4.07. The van der Waals surface area contributed by atoms with Crippen LogP contribution < -0.4 is 0 Å². The van der Waals surface area contributed by atoms with Crippen LogP contribution in [0.3, 0.4) is 0 Å². The summed E-state index contributed by atoms with van der Waals surface area (Å²) in [6.07, 6.45) is 8.11. The SMILES string of the molecule is C=CN=CC1=C(C)C=C(C(C)C)CC1.CC. The highest BCUT2D eigenvalue weighted by Gasteiger charge is 2.11. The number of hydrogen-bond acceptors (Lipinski definition) is 1. The molecule has 0 aromatic heterocycles. The van der Waals surface area contributed by atoms with Crippen molar-refractivity contribution in [3.63, 3.8) is 0 Å². The van der Waals surface area contributed by atoms with E-state index in [0.29, 0.717) is 5.92 Å². The largest absolute Gasteiger partial charge is 0.265 e. The maximum absolute atomic E-state index is 4.07. The van der Waals surface area contributed by atoms with Crippen LogP contribution in [0.25, 0.3) is 0 Å². The number of nitrogens with zero attached hydrogens (tertiary/aromatic N) is 1. The van der Waals surface area contributed by atoms with Crippen molar-refractivity contribution in [3.8, 4) is 0 Å². The monoisotopic (exact) mass is 219 g/mol. The van der Waals surface area contributed by atoms with Gasteiger partial charge >= 0.3 is 0 Å². The summed E-state index contributed by atoms with van der Waals surface area (Å²) in [5.41, 5.74) is 4.25. The highest BCUT2D eigenvalue weighted by molar-refractivity contribution is 5.81. The van der Waals surface area contributed by atoms with Gasteiger partial charge in [-0.05, 0) is 36.8 Å². The standard InChI is InChI=1S/C13H19N.C2H6/c1-5-14-9-13-7-6-12(10(2)3)8-11(13)4;1-2/h5,8-10H,1,6-7H2,2-4H3;1-2H3. The van der Waals surface area contributed by atoms with Crippen molar-refractivity contribution in [3.05, 3.63) is 35.6 Å². The lowest BCUT2D eigenvalue weighted by Gasteiger charge is -2.18. The lowest BCUT2D eigenvalue weighted by molar-refractivity contribution is 0.702. The minimum Gasteiger partial charge on any atom is -0.265 e. The van der Waals surface area contributed by atoms with Crippen molar-refractivity contribution < 1.29 is 0 Å². The molecule has 0 saturated carbocycles. The van der Waals surface area contributed by atoms with Crippen LogP contribution in [0.2, 0.25) is 0 Å². The molecule has 90 valence electrons. The molecule has 1 heteroatoms. The first-order chi connectivity index (χ1) is 7.65. The second-order valence-corrected chi connectivity index (χ2v) is 4.04. The van der Waals surface area contributed by atoms with E-state index in [4.69, 9.17) is 0 Å². The zero-order chi connectivity index (χ0) is 12.6. The maximum Gasteiger partial charge on any atom is 0.0302 e. The Morgan fingerprint density at radius 1 is 1.31 bits per heavy atom. The third kappa shape index (κ3) is 4.61. The topological polar surface area (TPSA) is 12.4 Å². The molecule has 1 rings (SSSR count). The summed E-state index contributed by atoms with van der Waals surface area (Å²) in [6.45, 7) is 14.2. The van der Waals surface area contributed by atoms with Gasteiger partial charge in [-0.15, -0.1) is 0 Å². The molecule has 1 nitrogen and oxygen atoms in total. The Balaban J connectivity index is 0.00000106. The minimum atomic E-state index is 0.669. The maximum atomic E-state index is 4.07. The van der Waals surface area contributed by atoms with Crippen LogP contribution in [0.15, 0.2) is 40.6 Å². The number of rotatable bonds is 3. The molecule has 0 radical (unpaired) electrons. The number of allylic oxidation sites excluding steroid dienone is 4. The fourth-order valence-electron chi connectivity index (χ4n) is 1.68. The average molecular weight is 219 g/mol. The van der Waals surface area contributed by atoms with Crippen LogP contribution in [-0.4, -0.2) is 6.21 Å². The number of hydrogen-bond donors (Lipinski definition) is 0. The first-order valence-electron chi connectivity index (χ1n) is 6.19. The predicted molar refractivity (Wildman–Crippen MR) is 74.9 cm³/mol. The lowest BCUT2D eigenvalue weighted by Crippen LogP contribution is -2.03. The summed E-state index contributed by atoms with van der Waals surface area (Å²) in [5.74, 6) is 0.669. The summed E-state index contributed by atoms with van der Waals surface area (Å²) in [5, 5.41) is 0. The Bertz CT molecular complexity index is 303. The quantitative estimate of drug-likeness (QED) is 0.597. The van der Waals surface area contributed by atoms with Gasteiger partial charge in [0.25, 0.3) is 0 Å². The van der Waals surface area contributed by atoms with Gasteiger partial charge in [0, 0.05) is 12.4 Å². The Morgan fingerprint density at radius 3 is 2.38 bits per heavy atom. The molecule has 0 aromatic carbocycles. The summed E-state index contributed by atoms with van der Waals surface area (Å²) in [6, 6.07) is 0. The predicted octanol–water partition coefficient (Wildman–Crippen LogP) is 4.92. The third-order valence-electron chi connectivity index (χ3n) is 2.67. The van der Waals surface area contributed by atoms with Gasteiger partial charge in [0.1, 0.15) is 0 Å². The molecule has 1 aliphatic carbocycles. The van der Waals surface area contributed by atoms with Crippen molar-refractivity contribution in [2.75, 3.05) is 0 Å². The van der Waals surface area contributed by atoms with Gasteiger partial charge < -0.3 is 0 Å². The van der Waals surface area contributed by atoms with Crippen LogP contribution in [0.4, 0.5) is 0 Å². The van der Waals surface area contributed by atoms with E-state index in [0.717, 1.165) is 6.42 Å². The zero-order valence-electron chi connectivity index (χ0n) is 11.4. The Hall–Kier alpha value is -1.11. The van der Waals surface area contributed by atoms with Crippen LogP contribution in [0.5, 0.6) is 0 Å². The summed E-state index contributed by atoms with van der Waals surface area (Å²) < 4.78 is 0. The molecule has 16 heavy (non-hydrogen) atoms. The molecular weight excluding hydrogens is 194 g/mol. The highest BCUT2D eigenvalue weighted by atomic mass is 14.7. The van der Waals surface area contributed by atoms with Crippen LogP contribution in [-0.2, 0) is 0 Å². The molecule has 0 atom stereocenters. The third-order valence-corrected chi connectivity index (χ3v) is 2.67. The van der Waals surface area contributed by atoms with Crippen LogP contribution in [0.1, 0.15) is 47.5 Å². The van der Waals surface area contributed by atoms with Crippen molar-refractivity contribution in [1.82, 2.24) is 0 Å². The zero-order valence-corrected chi connectivity index (χ0v) is 11.4. The highest BCUT2D eigenvalue weighted by Crippen LogP contribution is 2.27. The van der Waals surface area contributed by atoms with Gasteiger partial charge in [0.2, 0.25) is 0 Å². The van der Waals surface area contributed by atoms with E-state index in [9.17, 15) is 0 Å². The minimum absolute atomic E-state index is 0.669. The first-order valence-corrected chi connectivity index (χ1v) is 6.19. The van der Waals surface area contributed by atoms with Crippen molar-refractivity contribution in [1.29, 1.82) is 0 Å². The molecule has 0 unspecified atom stereocenters. The summed E-state index contributed by atoms with van der Waals surface area (Å²) >= 11 is 0. The molecule has 0 N–H and O–H groups in total. The molecule has 0 saturated heterocycles. The van der Waals surface area contributed by atoms with Crippen molar-refractivity contribution >= 4 is 6.21 Å². The number of aliphatic imine (C=N–C) groups is 1. The van der Waals surface area contributed by atoms with E-state index in [2.05, 4.69) is 38.4 Å². The Kier molecular flexibility index (Phi) is 7.53. The second kappa shape index (κ2) is 8.09. The van der Waals surface area contributed by atoms with Gasteiger partial charge in [-0.2, -0.15) is 0 Å². The fourth-order valence-corrected chi connectivity index (χ4v) is 1.68. The molecule has 0 aliphatic heterocycles. The Labute approximate surface area is 101 Å². The molecule has 0 aromatic rings. The Morgan fingerprint density at radius 2 is 1.94 bits per heavy atom. The van der Waals surface area contributed by atoms with E-state index < -0.39 is 0 Å². The van der Waals surface area contributed by atoms with Crippen LogP contribution in [0, 0.1) is 5.92 Å². The lowest BCUT2D eigenvalue weighted by atomic mass is 9.88. The van der Waals surface area contributed by atoms with Crippen molar-refractivity contribution in [2.24, 2.45) is 10.9 Å². The normalized spacial score (nSPS) is 16.0. The first kappa shape index (κ1) is 14.9. The van der Waals surface area contributed by atoms with Crippen LogP contribution >= 0.6 is 0 Å². The molecule has 0 heterocycles. The smallest absolute Gasteiger partial charge is 0.0302 e. The van der Waals surface area contributed by atoms with Gasteiger partial charge in [-0.25, -0.2) is 0 Å². The average Bonchev–Trinajstić information content (AvgIpc) is 2.30. The van der Waals surface area contributed by atoms with E-state index in [1.807, 2.05) is 20.1 Å². The molecule has 0 fully saturated rings. The van der Waals surface area contributed by atoms with E-state index in [1.165, 1.54) is 17.6 Å².